The number of guanidine groups is 1. The maximum absolute atomic E-state index is 6.20. The van der Waals surface area contributed by atoms with E-state index in [2.05, 4.69) is 40.7 Å². The zero-order valence-corrected chi connectivity index (χ0v) is 22.2. The summed E-state index contributed by atoms with van der Waals surface area (Å²) in [5.41, 5.74) is 2.34. The van der Waals surface area contributed by atoms with Crippen LogP contribution in [0.4, 0.5) is 0 Å². The molecule has 6 nitrogen and oxygen atoms in total. The molecule has 0 radical (unpaired) electrons. The van der Waals surface area contributed by atoms with Gasteiger partial charge < -0.3 is 24.8 Å². The van der Waals surface area contributed by atoms with E-state index in [4.69, 9.17) is 14.2 Å². The van der Waals surface area contributed by atoms with Crippen LogP contribution in [-0.2, 0) is 16.0 Å². The summed E-state index contributed by atoms with van der Waals surface area (Å²) in [7, 11) is 1.81. The number of nitrogens with one attached hydrogen (secondary N) is 2. The van der Waals surface area contributed by atoms with Crippen molar-refractivity contribution in [3.8, 4) is 5.75 Å². The van der Waals surface area contributed by atoms with E-state index in [1.807, 2.05) is 7.05 Å². The Kier molecular flexibility index (Phi) is 13.4. The van der Waals surface area contributed by atoms with Crippen molar-refractivity contribution in [3.63, 3.8) is 0 Å². The monoisotopic (exact) mass is 559 g/mol. The molecular weight excluding hydrogens is 517 g/mol. The van der Waals surface area contributed by atoms with Crippen LogP contribution in [0.15, 0.2) is 23.2 Å². The summed E-state index contributed by atoms with van der Waals surface area (Å²) >= 11 is 0. The summed E-state index contributed by atoms with van der Waals surface area (Å²) in [6.07, 6.45) is 11.7. The predicted molar refractivity (Wildman–Crippen MR) is 141 cm³/mol. The Morgan fingerprint density at radius 2 is 1.88 bits per heavy atom. The minimum absolute atomic E-state index is 0. The molecular formula is C25H42IN3O3. The molecule has 2 fully saturated rings. The fourth-order valence-corrected chi connectivity index (χ4v) is 4.19. The van der Waals surface area contributed by atoms with Crippen LogP contribution in [0.3, 0.4) is 0 Å². The van der Waals surface area contributed by atoms with Crippen LogP contribution in [-0.4, -0.2) is 51.6 Å². The normalized spacial score (nSPS) is 19.8. The molecule has 2 aliphatic rings. The van der Waals surface area contributed by atoms with E-state index in [1.54, 1.807) is 0 Å². The van der Waals surface area contributed by atoms with Gasteiger partial charge in [-0.05, 0) is 44.2 Å². The van der Waals surface area contributed by atoms with Gasteiger partial charge in [0.25, 0.3) is 0 Å². The Bertz CT molecular complexity index is 672. The topological polar surface area (TPSA) is 64.1 Å². The van der Waals surface area contributed by atoms with Crippen LogP contribution in [0.1, 0.15) is 68.9 Å². The quantitative estimate of drug-likeness (QED) is 0.140. The predicted octanol–water partition coefficient (Wildman–Crippen LogP) is 4.97. The molecule has 1 aromatic carbocycles. The van der Waals surface area contributed by atoms with E-state index in [9.17, 15) is 0 Å². The average Bonchev–Trinajstić information content (AvgIpc) is 3.14. The first kappa shape index (κ1) is 27.2. The van der Waals surface area contributed by atoms with Gasteiger partial charge in [0, 0.05) is 38.7 Å². The number of halogens is 1. The van der Waals surface area contributed by atoms with Crippen molar-refractivity contribution in [1.29, 1.82) is 0 Å². The van der Waals surface area contributed by atoms with Gasteiger partial charge in [-0.25, -0.2) is 0 Å². The van der Waals surface area contributed by atoms with Gasteiger partial charge in [-0.3, -0.25) is 4.99 Å². The number of aryl methyl sites for hydroxylation is 1. The number of nitrogens with zero attached hydrogens (tertiary/aromatic N) is 1. The lowest BCUT2D eigenvalue weighted by atomic mass is 10.1. The number of aliphatic imine (C=N–C) groups is 1. The third-order valence-corrected chi connectivity index (χ3v) is 6.09. The van der Waals surface area contributed by atoms with Gasteiger partial charge in [0.05, 0.1) is 19.3 Å². The average molecular weight is 560 g/mol. The van der Waals surface area contributed by atoms with Crippen LogP contribution in [0.25, 0.3) is 0 Å². The summed E-state index contributed by atoms with van der Waals surface area (Å²) in [6, 6.07) is 6.37. The van der Waals surface area contributed by atoms with E-state index in [-0.39, 0.29) is 30.1 Å². The first-order chi connectivity index (χ1) is 15.2. The lowest BCUT2D eigenvalue weighted by molar-refractivity contribution is 0.0411. The standard InChI is InChI=1S/C25H41N3O3.HI/c1-20-11-12-21(24(17-20)31-23-13-16-29-19-23)18-28-25(26-2)27-14-7-8-15-30-22-9-5-3-4-6-10-22;/h11-12,17,22-23H,3-10,13-16,18-19H2,1-2H3,(H2,26,27,28);1H. The first-order valence-electron chi connectivity index (χ1n) is 12.1. The Morgan fingerprint density at radius 1 is 1.06 bits per heavy atom. The zero-order valence-electron chi connectivity index (χ0n) is 19.9. The number of hydrogen-bond acceptors (Lipinski definition) is 4. The van der Waals surface area contributed by atoms with Crippen LogP contribution >= 0.6 is 24.0 Å². The van der Waals surface area contributed by atoms with Crippen LogP contribution in [0.5, 0.6) is 5.75 Å². The molecule has 0 aromatic heterocycles. The molecule has 0 spiro atoms. The second kappa shape index (κ2) is 15.7. The molecule has 182 valence electrons. The summed E-state index contributed by atoms with van der Waals surface area (Å²) in [5, 5.41) is 6.83. The van der Waals surface area contributed by atoms with Crippen molar-refractivity contribution >= 4 is 29.9 Å². The molecule has 1 saturated heterocycles. The number of hydrogen-bond donors (Lipinski definition) is 2. The summed E-state index contributed by atoms with van der Waals surface area (Å²) < 4.78 is 17.7. The van der Waals surface area contributed by atoms with E-state index < -0.39 is 0 Å². The van der Waals surface area contributed by atoms with E-state index in [0.29, 0.717) is 19.3 Å². The van der Waals surface area contributed by atoms with Crippen molar-refractivity contribution in [2.75, 3.05) is 33.4 Å². The Balaban J connectivity index is 0.00000363. The molecule has 1 aliphatic heterocycles. The summed E-state index contributed by atoms with van der Waals surface area (Å²) in [5.74, 6) is 1.76. The Hall–Kier alpha value is -1.06. The van der Waals surface area contributed by atoms with Crippen molar-refractivity contribution in [2.45, 2.75) is 83.5 Å². The number of unbranched alkanes of at least 4 members (excludes halogenated alkanes) is 1. The first-order valence-corrected chi connectivity index (χ1v) is 12.1. The minimum Gasteiger partial charge on any atom is -0.488 e. The number of rotatable bonds is 10. The highest BCUT2D eigenvalue weighted by Crippen LogP contribution is 2.24. The summed E-state index contributed by atoms with van der Waals surface area (Å²) in [4.78, 5) is 4.36. The molecule has 1 aliphatic carbocycles. The molecule has 1 atom stereocenters. The molecule has 7 heteroatoms. The highest BCUT2D eigenvalue weighted by atomic mass is 127. The number of benzene rings is 1. The SMILES string of the molecule is CN=C(NCCCCOC1CCCCCC1)NCc1ccc(C)cc1OC1CCOC1.I. The van der Waals surface area contributed by atoms with Gasteiger partial charge in [-0.15, -0.1) is 24.0 Å². The molecule has 1 heterocycles. The minimum atomic E-state index is 0. The largest absolute Gasteiger partial charge is 0.488 e. The van der Waals surface area contributed by atoms with Crippen LogP contribution in [0, 0.1) is 6.92 Å². The maximum atomic E-state index is 6.20. The van der Waals surface area contributed by atoms with E-state index >= 15 is 0 Å². The maximum Gasteiger partial charge on any atom is 0.191 e. The molecule has 0 amide bonds. The van der Waals surface area contributed by atoms with Gasteiger partial charge in [0.1, 0.15) is 11.9 Å². The molecule has 3 rings (SSSR count). The molecule has 1 saturated carbocycles. The van der Waals surface area contributed by atoms with Gasteiger partial charge >= 0.3 is 0 Å². The van der Waals surface area contributed by atoms with Gasteiger partial charge in [-0.2, -0.15) is 0 Å². The lowest BCUT2D eigenvalue weighted by Gasteiger charge is -2.18. The molecule has 1 aromatic rings. The van der Waals surface area contributed by atoms with Gasteiger partial charge in [0.15, 0.2) is 5.96 Å². The fourth-order valence-electron chi connectivity index (χ4n) is 4.19. The highest BCUT2D eigenvalue weighted by Gasteiger charge is 2.19. The second-order valence-electron chi connectivity index (χ2n) is 8.76. The van der Waals surface area contributed by atoms with E-state index in [1.165, 1.54) is 44.1 Å². The third kappa shape index (κ3) is 9.83. The van der Waals surface area contributed by atoms with Crippen molar-refractivity contribution < 1.29 is 14.2 Å². The van der Waals surface area contributed by atoms with Crippen LogP contribution in [0.2, 0.25) is 0 Å². The van der Waals surface area contributed by atoms with Crippen molar-refractivity contribution in [3.05, 3.63) is 29.3 Å². The highest BCUT2D eigenvalue weighted by molar-refractivity contribution is 14.0. The Labute approximate surface area is 211 Å². The fraction of sp³-hybridized carbons (Fsp3) is 0.720. The van der Waals surface area contributed by atoms with Gasteiger partial charge in [-0.1, -0.05) is 37.8 Å². The van der Waals surface area contributed by atoms with Crippen LogP contribution < -0.4 is 15.4 Å². The lowest BCUT2D eigenvalue weighted by Crippen LogP contribution is -2.37. The molecule has 1 unspecified atom stereocenters. The van der Waals surface area contributed by atoms with Crippen molar-refractivity contribution in [1.82, 2.24) is 10.6 Å². The van der Waals surface area contributed by atoms with Gasteiger partial charge in [0.2, 0.25) is 0 Å². The Morgan fingerprint density at radius 3 is 2.59 bits per heavy atom. The number of ether oxygens (including phenoxy) is 3. The molecule has 2 N–H and O–H groups in total. The smallest absolute Gasteiger partial charge is 0.191 e. The zero-order chi connectivity index (χ0) is 21.7. The molecule has 32 heavy (non-hydrogen) atoms. The molecule has 0 bridgehead atoms. The second-order valence-corrected chi connectivity index (χ2v) is 8.76. The van der Waals surface area contributed by atoms with Crippen molar-refractivity contribution in [2.24, 2.45) is 4.99 Å². The summed E-state index contributed by atoms with van der Waals surface area (Å²) in [6.45, 7) is 5.99. The third-order valence-electron chi connectivity index (χ3n) is 6.09. The van der Waals surface area contributed by atoms with E-state index in [0.717, 1.165) is 56.3 Å².